The fourth-order valence-electron chi connectivity index (χ4n) is 2.76. The van der Waals surface area contributed by atoms with Gasteiger partial charge < -0.3 is 0 Å². The Kier molecular flexibility index (Phi) is 12.4. The summed E-state index contributed by atoms with van der Waals surface area (Å²) in [5.74, 6) is 0. The lowest BCUT2D eigenvalue weighted by atomic mass is 10.2. The van der Waals surface area contributed by atoms with Crippen molar-refractivity contribution >= 4 is 14.3 Å². The maximum absolute atomic E-state index is 4.63. The van der Waals surface area contributed by atoms with Gasteiger partial charge in [0.05, 0.1) is 8.07 Å². The van der Waals surface area contributed by atoms with Gasteiger partial charge in [-0.3, -0.25) is 4.99 Å². The average molecular weight is 282 g/mol. The summed E-state index contributed by atoms with van der Waals surface area (Å²) in [5.41, 5.74) is 2.31. The Morgan fingerprint density at radius 1 is 0.895 bits per heavy atom. The lowest BCUT2D eigenvalue weighted by molar-refractivity contribution is 0.639. The van der Waals surface area contributed by atoms with Crippen LogP contribution >= 0.6 is 0 Å². The van der Waals surface area contributed by atoms with E-state index < -0.39 is 8.07 Å². The molecule has 0 heterocycles. The topological polar surface area (TPSA) is 12.4 Å². The fourth-order valence-corrected chi connectivity index (χ4v) is 6.47. The molecule has 0 bridgehead atoms. The third-order valence-corrected chi connectivity index (χ3v) is 8.80. The van der Waals surface area contributed by atoms with Crippen molar-refractivity contribution in [3.63, 3.8) is 0 Å². The first-order valence-corrected chi connectivity index (χ1v) is 11.1. The van der Waals surface area contributed by atoms with Gasteiger partial charge in [-0.05, 0) is 18.7 Å². The van der Waals surface area contributed by atoms with E-state index in [4.69, 9.17) is 0 Å². The predicted octanol–water partition coefficient (Wildman–Crippen LogP) is 6.02. The maximum atomic E-state index is 4.63. The van der Waals surface area contributed by atoms with Gasteiger partial charge in [0.25, 0.3) is 0 Å². The van der Waals surface area contributed by atoms with Crippen molar-refractivity contribution in [2.24, 2.45) is 4.99 Å². The molecule has 112 valence electrons. The van der Waals surface area contributed by atoms with Crippen molar-refractivity contribution in [2.75, 3.05) is 6.54 Å². The first-order chi connectivity index (χ1) is 9.24. The van der Waals surface area contributed by atoms with Crippen molar-refractivity contribution in [3.8, 4) is 0 Å². The minimum atomic E-state index is -1.24. The summed E-state index contributed by atoms with van der Waals surface area (Å²) in [6.45, 7) is 12.0. The largest absolute Gasteiger partial charge is 0.298 e. The van der Waals surface area contributed by atoms with E-state index in [1.807, 2.05) is 0 Å². The zero-order valence-corrected chi connectivity index (χ0v) is 14.6. The third-order valence-electron chi connectivity index (χ3n) is 3.95. The Morgan fingerprint density at radius 3 is 2.05 bits per heavy atom. The Labute approximate surface area is 122 Å². The van der Waals surface area contributed by atoms with Gasteiger partial charge in [-0.1, -0.05) is 71.4 Å². The van der Waals surface area contributed by atoms with E-state index in [1.54, 1.807) is 0 Å². The Balaban J connectivity index is 3.92. The van der Waals surface area contributed by atoms with Crippen LogP contribution in [0.25, 0.3) is 0 Å². The molecule has 0 spiro atoms. The summed E-state index contributed by atoms with van der Waals surface area (Å²) < 4.78 is 0. The van der Waals surface area contributed by atoms with Crippen molar-refractivity contribution < 1.29 is 0 Å². The molecule has 19 heavy (non-hydrogen) atoms. The van der Waals surface area contributed by atoms with E-state index >= 15 is 0 Å². The molecule has 0 aliphatic rings. The molecular formula is C17H35NSi. The van der Waals surface area contributed by atoms with Gasteiger partial charge in [-0.15, -0.1) is 12.3 Å². The van der Waals surface area contributed by atoms with Gasteiger partial charge in [0.15, 0.2) is 0 Å². The van der Waals surface area contributed by atoms with Crippen LogP contribution in [-0.4, -0.2) is 20.8 Å². The molecule has 0 saturated heterocycles. The molecule has 0 aromatic heterocycles. The summed E-state index contributed by atoms with van der Waals surface area (Å²) in [6, 6.07) is 3.98. The molecule has 0 unspecified atom stereocenters. The van der Waals surface area contributed by atoms with Crippen LogP contribution in [0.5, 0.6) is 0 Å². The fraction of sp³-hybridized carbons (Fsp3) is 0.824. The van der Waals surface area contributed by atoms with Crippen molar-refractivity contribution in [1.82, 2.24) is 0 Å². The second-order valence-electron chi connectivity index (χ2n) is 5.77. The van der Waals surface area contributed by atoms with Gasteiger partial charge in [0, 0.05) is 6.54 Å². The van der Waals surface area contributed by atoms with Gasteiger partial charge in [0.2, 0.25) is 0 Å². The van der Waals surface area contributed by atoms with Crippen LogP contribution in [0.1, 0.15) is 65.7 Å². The first-order valence-electron chi connectivity index (χ1n) is 8.36. The average Bonchev–Trinajstić information content (AvgIpc) is 2.42. The Hall–Kier alpha value is -0.373. The van der Waals surface area contributed by atoms with Crippen LogP contribution in [0.2, 0.25) is 18.1 Å². The van der Waals surface area contributed by atoms with E-state index in [0.717, 1.165) is 6.54 Å². The number of aliphatic imine (C=N–C) groups is 1. The predicted molar refractivity (Wildman–Crippen MR) is 93.1 cm³/mol. The summed E-state index contributed by atoms with van der Waals surface area (Å²) in [4.78, 5) is 4.63. The van der Waals surface area contributed by atoms with Crippen molar-refractivity contribution in [2.45, 2.75) is 83.8 Å². The summed E-state index contributed by atoms with van der Waals surface area (Å²) >= 11 is 0. The lowest BCUT2D eigenvalue weighted by Crippen LogP contribution is -2.31. The lowest BCUT2D eigenvalue weighted by Gasteiger charge is -2.25. The molecule has 0 fully saturated rings. The quantitative estimate of drug-likeness (QED) is 0.222. The van der Waals surface area contributed by atoms with Gasteiger partial charge in [-0.2, -0.15) is 0 Å². The number of unbranched alkanes of at least 4 members (excludes halogenated alkanes) is 4. The van der Waals surface area contributed by atoms with Crippen LogP contribution in [0, 0.1) is 0 Å². The van der Waals surface area contributed by atoms with Crippen LogP contribution in [0.3, 0.4) is 0 Å². The van der Waals surface area contributed by atoms with E-state index in [1.165, 1.54) is 63.1 Å². The van der Waals surface area contributed by atoms with E-state index in [-0.39, 0.29) is 0 Å². The molecule has 0 aromatic carbocycles. The summed E-state index contributed by atoms with van der Waals surface area (Å²) in [5, 5.41) is 0. The minimum absolute atomic E-state index is 1.03. The number of rotatable bonds is 13. The summed E-state index contributed by atoms with van der Waals surface area (Å²) in [6.07, 6.45) is 11.5. The summed E-state index contributed by atoms with van der Waals surface area (Å²) in [7, 11) is -1.24. The molecule has 0 aliphatic heterocycles. The molecule has 0 aromatic rings. The van der Waals surface area contributed by atoms with Gasteiger partial charge >= 0.3 is 0 Å². The third kappa shape index (κ3) is 9.20. The van der Waals surface area contributed by atoms with Crippen LogP contribution in [0.15, 0.2) is 17.3 Å². The molecule has 0 aliphatic carbocycles. The monoisotopic (exact) mass is 281 g/mol. The van der Waals surface area contributed by atoms with Crippen LogP contribution < -0.4 is 0 Å². The second-order valence-corrected chi connectivity index (χ2v) is 10.3. The molecule has 0 radical (unpaired) electrons. The molecule has 0 rings (SSSR count). The van der Waals surface area contributed by atoms with Gasteiger partial charge in [0.1, 0.15) is 0 Å². The molecule has 2 heteroatoms. The highest BCUT2D eigenvalue weighted by Gasteiger charge is 2.25. The Bertz CT molecular complexity index is 229. The highest BCUT2D eigenvalue weighted by atomic mass is 28.3. The van der Waals surface area contributed by atoms with E-state index in [0.29, 0.717) is 0 Å². The standard InChI is InChI=1S/C17H35NSi/c1-5-9-10-11-12-13-18-14-17-19(8-4,15-6-2)16-7-3/h8,14H,4-7,9-13,15-17H2,1-3H3. The van der Waals surface area contributed by atoms with E-state index in [2.05, 4.69) is 44.3 Å². The zero-order valence-electron chi connectivity index (χ0n) is 13.6. The molecule has 0 amide bonds. The normalized spacial score (nSPS) is 12.2. The SMILES string of the molecule is C=C[Si](CC=NCCCCCCC)(CCC)CCC. The maximum Gasteiger partial charge on any atom is 0.0822 e. The smallest absolute Gasteiger partial charge is 0.0822 e. The number of hydrogen-bond acceptors (Lipinski definition) is 1. The Morgan fingerprint density at radius 2 is 1.53 bits per heavy atom. The van der Waals surface area contributed by atoms with Crippen molar-refractivity contribution in [1.29, 1.82) is 0 Å². The van der Waals surface area contributed by atoms with Crippen LogP contribution in [0.4, 0.5) is 0 Å². The highest BCUT2D eigenvalue weighted by Crippen LogP contribution is 2.24. The number of nitrogens with zero attached hydrogens (tertiary/aromatic N) is 1. The zero-order chi connectivity index (χ0) is 14.4. The number of hydrogen-bond donors (Lipinski definition) is 0. The molecule has 0 N–H and O–H groups in total. The first kappa shape index (κ1) is 18.6. The second kappa shape index (κ2) is 12.7. The van der Waals surface area contributed by atoms with Gasteiger partial charge in [-0.25, -0.2) is 0 Å². The molecule has 0 saturated carbocycles. The van der Waals surface area contributed by atoms with Crippen LogP contribution in [-0.2, 0) is 0 Å². The van der Waals surface area contributed by atoms with Crippen molar-refractivity contribution in [3.05, 3.63) is 12.3 Å². The minimum Gasteiger partial charge on any atom is -0.298 e. The highest BCUT2D eigenvalue weighted by molar-refractivity contribution is 6.86. The van der Waals surface area contributed by atoms with E-state index in [9.17, 15) is 0 Å². The molecular weight excluding hydrogens is 246 g/mol. The molecule has 1 nitrogen and oxygen atoms in total. The molecule has 0 atom stereocenters.